The molecule has 26 heavy (non-hydrogen) atoms. The van der Waals surface area contributed by atoms with Crippen molar-refractivity contribution in [3.05, 3.63) is 83.4 Å². The van der Waals surface area contributed by atoms with Crippen molar-refractivity contribution >= 4 is 5.91 Å². The van der Waals surface area contributed by atoms with Crippen LogP contribution < -0.4 is 5.32 Å². The van der Waals surface area contributed by atoms with E-state index < -0.39 is 0 Å². The van der Waals surface area contributed by atoms with Gasteiger partial charge in [0.15, 0.2) is 0 Å². The zero-order valence-corrected chi connectivity index (χ0v) is 14.4. The Kier molecular flexibility index (Phi) is 5.27. The number of hydrogen-bond acceptors (Lipinski definition) is 3. The Hall–Kier alpha value is -3.21. The molecule has 0 saturated heterocycles. The maximum absolute atomic E-state index is 13.6. The molecule has 0 radical (unpaired) electrons. The zero-order valence-electron chi connectivity index (χ0n) is 14.4. The number of phenols is 1. The van der Waals surface area contributed by atoms with Crippen molar-refractivity contribution in [3.8, 4) is 16.9 Å². The molecule has 0 atom stereocenters. The number of hydrogen-bond donors (Lipinski definition) is 2. The van der Waals surface area contributed by atoms with Gasteiger partial charge < -0.3 is 10.4 Å². The molecule has 3 aromatic rings. The number of halogens is 1. The second kappa shape index (κ2) is 7.78. The van der Waals surface area contributed by atoms with Crippen LogP contribution in [0.5, 0.6) is 5.75 Å². The average molecular weight is 350 g/mol. The lowest BCUT2D eigenvalue weighted by Crippen LogP contribution is -2.25. The molecule has 0 aliphatic heterocycles. The molecule has 132 valence electrons. The summed E-state index contributed by atoms with van der Waals surface area (Å²) in [5, 5.41) is 12.2. The van der Waals surface area contributed by atoms with E-state index in [1.807, 2.05) is 19.1 Å². The summed E-state index contributed by atoms with van der Waals surface area (Å²) in [6, 6.07) is 15.2. The lowest BCUT2D eigenvalue weighted by atomic mass is 10.0. The minimum atomic E-state index is -0.334. The van der Waals surface area contributed by atoms with Crippen LogP contribution in [-0.2, 0) is 17.8 Å². The van der Waals surface area contributed by atoms with Gasteiger partial charge in [-0.25, -0.2) is 4.39 Å². The molecular formula is C21H19FN2O2. The van der Waals surface area contributed by atoms with Crippen molar-refractivity contribution in [3.63, 3.8) is 0 Å². The maximum atomic E-state index is 13.6. The average Bonchev–Trinajstić information content (AvgIpc) is 2.62. The molecule has 0 spiro atoms. The third kappa shape index (κ3) is 4.25. The maximum Gasteiger partial charge on any atom is 0.226 e. The van der Waals surface area contributed by atoms with Crippen LogP contribution in [0.4, 0.5) is 4.39 Å². The number of rotatable bonds is 5. The van der Waals surface area contributed by atoms with Gasteiger partial charge in [-0.05, 0) is 42.3 Å². The summed E-state index contributed by atoms with van der Waals surface area (Å²) in [5.41, 5.74) is 3.93. The normalized spacial score (nSPS) is 10.5. The molecule has 1 heterocycles. The number of nitrogens with zero attached hydrogens (tertiary/aromatic N) is 1. The number of aromatic nitrogens is 1. The molecule has 2 aromatic carbocycles. The molecule has 0 fully saturated rings. The summed E-state index contributed by atoms with van der Waals surface area (Å²) >= 11 is 0. The molecule has 4 nitrogen and oxygen atoms in total. The number of amides is 1. The van der Waals surface area contributed by atoms with E-state index in [1.165, 1.54) is 6.07 Å². The second-order valence-electron chi connectivity index (χ2n) is 6.08. The van der Waals surface area contributed by atoms with Crippen molar-refractivity contribution in [2.45, 2.75) is 19.9 Å². The lowest BCUT2D eigenvalue weighted by Gasteiger charge is -2.08. The summed E-state index contributed by atoms with van der Waals surface area (Å²) in [6.07, 6.45) is 1.84. The van der Waals surface area contributed by atoms with Crippen LogP contribution in [-0.4, -0.2) is 16.0 Å². The van der Waals surface area contributed by atoms with Crippen LogP contribution in [0.2, 0.25) is 0 Å². The van der Waals surface area contributed by atoms with E-state index in [0.29, 0.717) is 11.3 Å². The summed E-state index contributed by atoms with van der Waals surface area (Å²) in [6.45, 7) is 2.06. The predicted octanol–water partition coefficient (Wildman–Crippen LogP) is 3.76. The number of carbonyl (C=O) groups is 1. The molecule has 0 aliphatic rings. The summed E-state index contributed by atoms with van der Waals surface area (Å²) in [7, 11) is 0. The molecule has 0 unspecified atom stereocenters. The Bertz CT molecular complexity index is 924. The number of carbonyl (C=O) groups excluding carboxylic acids is 1. The van der Waals surface area contributed by atoms with E-state index in [1.54, 1.807) is 42.6 Å². The van der Waals surface area contributed by atoms with Gasteiger partial charge in [0.05, 0.1) is 6.42 Å². The first-order valence-electron chi connectivity index (χ1n) is 8.28. The Balaban J connectivity index is 1.62. The third-order valence-corrected chi connectivity index (χ3v) is 4.12. The minimum absolute atomic E-state index is 0.128. The molecule has 1 amide bonds. The largest absolute Gasteiger partial charge is 0.508 e. The first kappa shape index (κ1) is 17.6. The van der Waals surface area contributed by atoms with Crippen LogP contribution in [0.15, 0.2) is 60.8 Å². The van der Waals surface area contributed by atoms with Gasteiger partial charge >= 0.3 is 0 Å². The first-order chi connectivity index (χ1) is 12.5. The monoisotopic (exact) mass is 350 g/mol. The second-order valence-corrected chi connectivity index (χ2v) is 6.08. The topological polar surface area (TPSA) is 62.2 Å². The van der Waals surface area contributed by atoms with Crippen LogP contribution >= 0.6 is 0 Å². The third-order valence-electron chi connectivity index (χ3n) is 4.12. The Labute approximate surface area is 151 Å². The van der Waals surface area contributed by atoms with Gasteiger partial charge in [0.1, 0.15) is 11.6 Å². The van der Waals surface area contributed by atoms with E-state index >= 15 is 0 Å². The number of aromatic hydroxyl groups is 1. The van der Waals surface area contributed by atoms with Gasteiger partial charge in [0.25, 0.3) is 0 Å². The van der Waals surface area contributed by atoms with Crippen molar-refractivity contribution in [2.24, 2.45) is 0 Å². The highest BCUT2D eigenvalue weighted by atomic mass is 19.1. The summed E-state index contributed by atoms with van der Waals surface area (Å²) in [4.78, 5) is 16.4. The highest BCUT2D eigenvalue weighted by molar-refractivity contribution is 5.78. The minimum Gasteiger partial charge on any atom is -0.508 e. The molecule has 0 aliphatic carbocycles. The fourth-order valence-electron chi connectivity index (χ4n) is 2.72. The first-order valence-corrected chi connectivity index (χ1v) is 8.28. The smallest absolute Gasteiger partial charge is 0.226 e. The fraction of sp³-hybridized carbons (Fsp3) is 0.143. The molecule has 2 N–H and O–H groups in total. The van der Waals surface area contributed by atoms with Crippen molar-refractivity contribution in [2.75, 3.05) is 0 Å². The lowest BCUT2D eigenvalue weighted by molar-refractivity contribution is -0.120. The number of nitrogens with one attached hydrogen (secondary N) is 1. The van der Waals surface area contributed by atoms with E-state index in [0.717, 1.165) is 16.7 Å². The van der Waals surface area contributed by atoms with Crippen LogP contribution in [0.1, 0.15) is 16.8 Å². The van der Waals surface area contributed by atoms with E-state index in [2.05, 4.69) is 10.3 Å². The number of benzene rings is 2. The quantitative estimate of drug-likeness (QED) is 0.736. The van der Waals surface area contributed by atoms with Gasteiger partial charge in [-0.1, -0.05) is 30.3 Å². The van der Waals surface area contributed by atoms with Crippen LogP contribution in [0.25, 0.3) is 11.1 Å². The van der Waals surface area contributed by atoms with Gasteiger partial charge in [-0.2, -0.15) is 0 Å². The van der Waals surface area contributed by atoms with Crippen molar-refractivity contribution < 1.29 is 14.3 Å². The van der Waals surface area contributed by atoms with Gasteiger partial charge in [0.2, 0.25) is 5.91 Å². The SMILES string of the molecule is Cc1cc(O)ccc1-c1ccc(CC(=O)NCc2ccccc2F)nc1. The molecular weight excluding hydrogens is 331 g/mol. The fourth-order valence-corrected chi connectivity index (χ4v) is 2.72. The molecule has 0 saturated carbocycles. The standard InChI is InChI=1S/C21H19FN2O2/c1-14-10-18(25)8-9-19(14)15-6-7-17(23-12-15)11-21(26)24-13-16-4-2-3-5-20(16)22/h2-10,12,25H,11,13H2,1H3,(H,24,26). The molecule has 5 heteroatoms. The van der Waals surface area contributed by atoms with Gasteiger partial charge in [0, 0.05) is 29.6 Å². The molecule has 1 aromatic heterocycles. The van der Waals surface area contributed by atoms with E-state index in [4.69, 9.17) is 0 Å². The van der Waals surface area contributed by atoms with Crippen molar-refractivity contribution in [1.29, 1.82) is 0 Å². The van der Waals surface area contributed by atoms with E-state index in [-0.39, 0.29) is 30.4 Å². The van der Waals surface area contributed by atoms with E-state index in [9.17, 15) is 14.3 Å². The Morgan fingerprint density at radius 3 is 2.65 bits per heavy atom. The molecule has 3 rings (SSSR count). The highest BCUT2D eigenvalue weighted by Gasteiger charge is 2.08. The van der Waals surface area contributed by atoms with Crippen LogP contribution in [0, 0.1) is 12.7 Å². The zero-order chi connectivity index (χ0) is 18.5. The number of pyridine rings is 1. The number of phenolic OH excluding ortho intramolecular Hbond substituents is 1. The Morgan fingerprint density at radius 1 is 1.15 bits per heavy atom. The van der Waals surface area contributed by atoms with Gasteiger partial charge in [-0.3, -0.25) is 9.78 Å². The highest BCUT2D eigenvalue weighted by Crippen LogP contribution is 2.25. The summed E-state index contributed by atoms with van der Waals surface area (Å²) < 4.78 is 13.6. The summed E-state index contributed by atoms with van der Waals surface area (Å²) in [5.74, 6) is -0.323. The Morgan fingerprint density at radius 2 is 1.96 bits per heavy atom. The molecule has 0 bridgehead atoms. The number of aryl methyl sites for hydroxylation is 1. The van der Waals surface area contributed by atoms with Crippen LogP contribution in [0.3, 0.4) is 0 Å². The van der Waals surface area contributed by atoms with Gasteiger partial charge in [-0.15, -0.1) is 0 Å². The predicted molar refractivity (Wildman–Crippen MR) is 98.0 cm³/mol. The van der Waals surface area contributed by atoms with Crippen molar-refractivity contribution in [1.82, 2.24) is 10.3 Å².